The number of rotatable bonds is 4. The zero-order chi connectivity index (χ0) is 17.3. The highest BCUT2D eigenvalue weighted by Crippen LogP contribution is 2.44. The van der Waals surface area contributed by atoms with Crippen LogP contribution in [0.2, 0.25) is 0 Å². The molecule has 0 saturated heterocycles. The molecular formula is C17H18N4O3. The van der Waals surface area contributed by atoms with Crippen LogP contribution in [0, 0.1) is 18.3 Å². The lowest BCUT2D eigenvalue weighted by Crippen LogP contribution is -2.21. The molecule has 2 heterocycles. The number of aryl methyl sites for hydroxylation is 1. The summed E-state index contributed by atoms with van der Waals surface area (Å²) in [6.45, 7) is 4.32. The summed E-state index contributed by atoms with van der Waals surface area (Å²) < 4.78 is 16.4. The molecule has 3 N–H and O–H groups in total. The Balaban J connectivity index is 2.16. The average Bonchev–Trinajstić information content (AvgIpc) is 2.95. The SMILES string of the molecule is CCOc1ccc([C@@H]2C(C#N)=C(N)Oc3n[nH]c(C)c32)cc1OC. The van der Waals surface area contributed by atoms with Gasteiger partial charge in [0.05, 0.1) is 19.6 Å². The van der Waals surface area contributed by atoms with E-state index in [9.17, 15) is 5.26 Å². The van der Waals surface area contributed by atoms with Gasteiger partial charge in [-0.15, -0.1) is 5.10 Å². The maximum atomic E-state index is 9.56. The molecule has 0 amide bonds. The average molecular weight is 326 g/mol. The lowest BCUT2D eigenvalue weighted by Gasteiger charge is -2.24. The van der Waals surface area contributed by atoms with E-state index in [0.29, 0.717) is 29.6 Å². The lowest BCUT2D eigenvalue weighted by atomic mass is 9.84. The van der Waals surface area contributed by atoms with Crippen LogP contribution in [0.4, 0.5) is 0 Å². The molecule has 1 aliphatic heterocycles. The van der Waals surface area contributed by atoms with E-state index >= 15 is 0 Å². The number of hydrogen-bond acceptors (Lipinski definition) is 6. The van der Waals surface area contributed by atoms with Crippen LogP contribution in [0.3, 0.4) is 0 Å². The quantitative estimate of drug-likeness (QED) is 0.893. The molecule has 0 aliphatic carbocycles. The number of allylic oxidation sites excluding steroid dienone is 1. The van der Waals surface area contributed by atoms with Crippen molar-refractivity contribution in [1.29, 1.82) is 5.26 Å². The minimum atomic E-state index is -0.373. The van der Waals surface area contributed by atoms with Gasteiger partial charge in [-0.1, -0.05) is 6.07 Å². The van der Waals surface area contributed by atoms with Gasteiger partial charge in [-0.25, -0.2) is 0 Å². The predicted octanol–water partition coefficient (Wildman–Crippen LogP) is 2.34. The number of nitrogens with zero attached hydrogens (tertiary/aromatic N) is 2. The van der Waals surface area contributed by atoms with Gasteiger partial charge in [0.25, 0.3) is 0 Å². The van der Waals surface area contributed by atoms with Gasteiger partial charge in [0.1, 0.15) is 11.6 Å². The zero-order valence-electron chi connectivity index (χ0n) is 13.7. The molecule has 7 heteroatoms. The molecule has 1 aliphatic rings. The fourth-order valence-electron chi connectivity index (χ4n) is 2.87. The summed E-state index contributed by atoms with van der Waals surface area (Å²) in [6.07, 6.45) is 0. The maximum Gasteiger partial charge on any atom is 0.244 e. The summed E-state index contributed by atoms with van der Waals surface area (Å²) in [6, 6.07) is 7.72. The van der Waals surface area contributed by atoms with Gasteiger partial charge in [0.15, 0.2) is 11.5 Å². The highest BCUT2D eigenvalue weighted by Gasteiger charge is 2.34. The van der Waals surface area contributed by atoms with Crippen LogP contribution in [0.1, 0.15) is 29.7 Å². The minimum Gasteiger partial charge on any atom is -0.493 e. The monoisotopic (exact) mass is 326 g/mol. The number of nitrogens with two attached hydrogens (primary N) is 1. The number of methoxy groups -OCH3 is 1. The van der Waals surface area contributed by atoms with Gasteiger partial charge in [-0.2, -0.15) is 5.26 Å². The van der Waals surface area contributed by atoms with Crippen molar-refractivity contribution < 1.29 is 14.2 Å². The Morgan fingerprint density at radius 1 is 1.42 bits per heavy atom. The second-order valence-electron chi connectivity index (χ2n) is 5.34. The first-order chi connectivity index (χ1) is 11.6. The van der Waals surface area contributed by atoms with Crippen molar-refractivity contribution in [3.8, 4) is 23.4 Å². The Kier molecular flexibility index (Phi) is 4.04. The Morgan fingerprint density at radius 2 is 2.21 bits per heavy atom. The van der Waals surface area contributed by atoms with Crippen LogP contribution in [-0.4, -0.2) is 23.9 Å². The van der Waals surface area contributed by atoms with Gasteiger partial charge in [-0.05, 0) is 31.5 Å². The molecule has 0 radical (unpaired) electrons. The van der Waals surface area contributed by atoms with Gasteiger partial charge in [0, 0.05) is 11.3 Å². The first-order valence-corrected chi connectivity index (χ1v) is 7.53. The summed E-state index contributed by atoms with van der Waals surface area (Å²) in [5, 5.41) is 16.6. The van der Waals surface area contributed by atoms with Crippen molar-refractivity contribution in [3.63, 3.8) is 0 Å². The molecule has 24 heavy (non-hydrogen) atoms. The number of fused-ring (bicyclic) bond motifs is 1. The highest BCUT2D eigenvalue weighted by atomic mass is 16.5. The molecule has 2 aromatic rings. The topological polar surface area (TPSA) is 106 Å². The second kappa shape index (κ2) is 6.16. The van der Waals surface area contributed by atoms with E-state index < -0.39 is 0 Å². The Labute approximate surface area is 139 Å². The predicted molar refractivity (Wildman–Crippen MR) is 86.8 cm³/mol. The van der Waals surface area contributed by atoms with Crippen molar-refractivity contribution in [2.75, 3.05) is 13.7 Å². The van der Waals surface area contributed by atoms with Gasteiger partial charge in [0.2, 0.25) is 11.8 Å². The summed E-state index contributed by atoms with van der Waals surface area (Å²) in [7, 11) is 1.58. The molecule has 0 saturated carbocycles. The molecule has 1 aromatic carbocycles. The molecule has 7 nitrogen and oxygen atoms in total. The summed E-state index contributed by atoms with van der Waals surface area (Å²) >= 11 is 0. The number of benzene rings is 1. The van der Waals surface area contributed by atoms with Crippen molar-refractivity contribution in [3.05, 3.63) is 46.5 Å². The number of aromatic nitrogens is 2. The molecule has 0 unspecified atom stereocenters. The first kappa shape index (κ1) is 15.7. The second-order valence-corrected chi connectivity index (χ2v) is 5.34. The normalized spacial score (nSPS) is 16.2. The third kappa shape index (κ3) is 2.42. The Bertz CT molecular complexity index is 848. The Morgan fingerprint density at radius 3 is 2.88 bits per heavy atom. The van der Waals surface area contributed by atoms with E-state index in [1.54, 1.807) is 7.11 Å². The number of nitrogens with one attached hydrogen (secondary N) is 1. The van der Waals surface area contributed by atoms with Crippen molar-refractivity contribution in [2.45, 2.75) is 19.8 Å². The largest absolute Gasteiger partial charge is 0.493 e. The molecule has 0 spiro atoms. The zero-order valence-corrected chi connectivity index (χ0v) is 13.7. The minimum absolute atomic E-state index is 0.0642. The fourth-order valence-corrected chi connectivity index (χ4v) is 2.87. The molecule has 1 aromatic heterocycles. The van der Waals surface area contributed by atoms with Gasteiger partial charge < -0.3 is 19.9 Å². The maximum absolute atomic E-state index is 9.56. The summed E-state index contributed by atoms with van der Waals surface area (Å²) in [4.78, 5) is 0. The van der Waals surface area contributed by atoms with E-state index in [-0.39, 0.29) is 11.8 Å². The molecule has 3 rings (SSSR count). The van der Waals surface area contributed by atoms with E-state index in [4.69, 9.17) is 19.9 Å². The van der Waals surface area contributed by atoms with E-state index in [0.717, 1.165) is 16.8 Å². The van der Waals surface area contributed by atoms with E-state index in [1.165, 1.54) is 0 Å². The third-order valence-corrected chi connectivity index (χ3v) is 3.95. The van der Waals surface area contributed by atoms with Crippen LogP contribution in [-0.2, 0) is 0 Å². The molecule has 1 atom stereocenters. The van der Waals surface area contributed by atoms with Crippen LogP contribution in [0.15, 0.2) is 29.7 Å². The number of H-pyrrole nitrogens is 1. The van der Waals surface area contributed by atoms with E-state index in [1.807, 2.05) is 32.0 Å². The third-order valence-electron chi connectivity index (χ3n) is 3.95. The van der Waals surface area contributed by atoms with Crippen LogP contribution < -0.4 is 19.9 Å². The van der Waals surface area contributed by atoms with Gasteiger partial charge in [-0.3, -0.25) is 5.10 Å². The van der Waals surface area contributed by atoms with Crippen LogP contribution >= 0.6 is 0 Å². The number of aromatic amines is 1. The van der Waals surface area contributed by atoms with Crippen molar-refractivity contribution in [1.82, 2.24) is 10.2 Å². The van der Waals surface area contributed by atoms with Crippen molar-refractivity contribution in [2.24, 2.45) is 5.73 Å². The number of hydrogen-bond donors (Lipinski definition) is 2. The van der Waals surface area contributed by atoms with Gasteiger partial charge >= 0.3 is 0 Å². The standard InChI is InChI=1S/C17H18N4O3/c1-4-23-12-6-5-10(7-13(12)22-3)15-11(8-18)16(19)24-17-14(15)9(2)20-21-17/h5-7,15H,4,19H2,1-3H3,(H,20,21)/t15-/m1/s1. The smallest absolute Gasteiger partial charge is 0.244 e. The molecule has 124 valence electrons. The number of nitriles is 1. The fraction of sp³-hybridized carbons (Fsp3) is 0.294. The van der Waals surface area contributed by atoms with Crippen molar-refractivity contribution >= 4 is 0 Å². The summed E-state index contributed by atoms with van der Waals surface area (Å²) in [5.74, 6) is 1.33. The summed E-state index contributed by atoms with van der Waals surface area (Å²) in [5.41, 5.74) is 8.73. The Hall–Kier alpha value is -3.14. The lowest BCUT2D eigenvalue weighted by molar-refractivity contribution is 0.310. The molecule has 0 fully saturated rings. The first-order valence-electron chi connectivity index (χ1n) is 7.53. The highest BCUT2D eigenvalue weighted by molar-refractivity contribution is 5.57. The number of ether oxygens (including phenoxy) is 3. The van der Waals surface area contributed by atoms with Crippen LogP contribution in [0.25, 0.3) is 0 Å². The molecular weight excluding hydrogens is 308 g/mol. The van der Waals surface area contributed by atoms with E-state index in [2.05, 4.69) is 16.3 Å². The molecule has 0 bridgehead atoms. The van der Waals surface area contributed by atoms with Crippen LogP contribution in [0.5, 0.6) is 17.4 Å².